The predicted octanol–water partition coefficient (Wildman–Crippen LogP) is 3.22. The zero-order valence-electron chi connectivity index (χ0n) is 12.6. The maximum Gasteiger partial charge on any atom is 0.334 e. The molecule has 1 rings (SSSR count). The van der Waals surface area contributed by atoms with Crippen molar-refractivity contribution in [3.8, 4) is 5.75 Å². The molecular formula is C16H21BrO4. The number of carbonyl (C=O) groups excluding carboxylic acids is 1. The molecule has 1 aromatic rings. The Balaban J connectivity index is 2.81. The van der Waals surface area contributed by atoms with Crippen LogP contribution in [0, 0.1) is 0 Å². The van der Waals surface area contributed by atoms with Crippen LogP contribution >= 0.6 is 15.9 Å². The second-order valence-electron chi connectivity index (χ2n) is 5.24. The quantitative estimate of drug-likeness (QED) is 0.352. The number of halogens is 1. The lowest BCUT2D eigenvalue weighted by Gasteiger charge is -2.17. The van der Waals surface area contributed by atoms with E-state index in [1.807, 2.05) is 18.2 Å². The molecule has 0 spiro atoms. The number of hydrogen-bond donors (Lipinski definition) is 1. The van der Waals surface area contributed by atoms with Crippen molar-refractivity contribution >= 4 is 21.9 Å². The molecule has 0 aliphatic heterocycles. The summed E-state index contributed by atoms with van der Waals surface area (Å²) in [6, 6.07) is 7.43. The van der Waals surface area contributed by atoms with Crippen molar-refractivity contribution in [3.05, 3.63) is 41.7 Å². The molecule has 0 bridgehead atoms. The Morgan fingerprint density at radius 3 is 2.71 bits per heavy atom. The Morgan fingerprint density at radius 2 is 2.14 bits per heavy atom. The number of allylic oxidation sites excluding steroid dienone is 1. The highest BCUT2D eigenvalue weighted by atomic mass is 79.9. The average molecular weight is 357 g/mol. The first kappa shape index (κ1) is 17.7. The van der Waals surface area contributed by atoms with E-state index in [0.717, 1.165) is 5.56 Å². The van der Waals surface area contributed by atoms with Gasteiger partial charge in [-0.05, 0) is 38.5 Å². The lowest BCUT2D eigenvalue weighted by molar-refractivity contribution is -0.137. The predicted molar refractivity (Wildman–Crippen MR) is 85.6 cm³/mol. The van der Waals surface area contributed by atoms with Crippen LogP contribution in [-0.2, 0) is 16.0 Å². The molecular weight excluding hydrogens is 336 g/mol. The monoisotopic (exact) mass is 356 g/mol. The molecule has 1 N–H and O–H groups in total. The summed E-state index contributed by atoms with van der Waals surface area (Å²) in [4.78, 5) is 11.4. The number of carbonyl (C=O) groups is 1. The van der Waals surface area contributed by atoms with E-state index in [4.69, 9.17) is 9.47 Å². The summed E-state index contributed by atoms with van der Waals surface area (Å²) in [6.07, 6.45) is 1.84. The van der Waals surface area contributed by atoms with Crippen LogP contribution in [0.2, 0.25) is 0 Å². The fourth-order valence-electron chi connectivity index (χ4n) is 1.78. The van der Waals surface area contributed by atoms with E-state index >= 15 is 0 Å². The van der Waals surface area contributed by atoms with Gasteiger partial charge in [0.25, 0.3) is 0 Å². The fourth-order valence-corrected chi connectivity index (χ4v) is 2.06. The van der Waals surface area contributed by atoms with Crippen molar-refractivity contribution in [1.82, 2.24) is 0 Å². The van der Waals surface area contributed by atoms with Crippen molar-refractivity contribution in [2.75, 3.05) is 11.9 Å². The van der Waals surface area contributed by atoms with Crippen LogP contribution in [0.1, 0.15) is 26.3 Å². The maximum atomic E-state index is 11.4. The van der Waals surface area contributed by atoms with Gasteiger partial charge in [-0.2, -0.15) is 0 Å². The molecule has 116 valence electrons. The Kier molecular flexibility index (Phi) is 6.92. The van der Waals surface area contributed by atoms with Crippen molar-refractivity contribution in [1.29, 1.82) is 0 Å². The van der Waals surface area contributed by atoms with Crippen LogP contribution in [-0.4, -0.2) is 28.6 Å². The van der Waals surface area contributed by atoms with Gasteiger partial charge >= 0.3 is 5.97 Å². The molecule has 0 fully saturated rings. The van der Waals surface area contributed by atoms with E-state index in [1.54, 1.807) is 26.8 Å². The third-order valence-corrected chi connectivity index (χ3v) is 3.03. The molecule has 5 heteroatoms. The standard InChI is InChI=1S/C16H21BrO4/c1-4-20-15(18)9-14(11-17)21-13-7-5-6-12(8-13)10-16(2,3)19/h5-9,19H,4,10-11H2,1-3H3. The molecule has 21 heavy (non-hydrogen) atoms. The van der Waals surface area contributed by atoms with Gasteiger partial charge in [-0.3, -0.25) is 0 Å². The Morgan fingerprint density at radius 1 is 1.43 bits per heavy atom. The molecule has 1 aromatic carbocycles. The highest BCUT2D eigenvalue weighted by molar-refractivity contribution is 9.09. The van der Waals surface area contributed by atoms with Crippen LogP contribution in [0.5, 0.6) is 5.75 Å². The topological polar surface area (TPSA) is 55.8 Å². The van der Waals surface area contributed by atoms with E-state index in [9.17, 15) is 9.90 Å². The second kappa shape index (κ2) is 8.20. The zero-order chi connectivity index (χ0) is 15.9. The fraction of sp³-hybridized carbons (Fsp3) is 0.438. The first-order valence-corrected chi connectivity index (χ1v) is 7.88. The van der Waals surface area contributed by atoms with E-state index < -0.39 is 11.6 Å². The third kappa shape index (κ3) is 7.29. The maximum absolute atomic E-state index is 11.4. The number of alkyl halides is 1. The van der Waals surface area contributed by atoms with Gasteiger partial charge in [-0.1, -0.05) is 28.1 Å². The summed E-state index contributed by atoms with van der Waals surface area (Å²) in [5.74, 6) is 0.653. The molecule has 0 unspecified atom stereocenters. The molecule has 0 aromatic heterocycles. The zero-order valence-corrected chi connectivity index (χ0v) is 14.1. The molecule has 0 atom stereocenters. The summed E-state index contributed by atoms with van der Waals surface area (Å²) in [5, 5.41) is 10.3. The lowest BCUT2D eigenvalue weighted by Crippen LogP contribution is -2.21. The third-order valence-electron chi connectivity index (χ3n) is 2.48. The van der Waals surface area contributed by atoms with Gasteiger partial charge in [0.15, 0.2) is 0 Å². The number of aliphatic hydroxyl groups is 1. The van der Waals surface area contributed by atoms with Crippen LogP contribution in [0.4, 0.5) is 0 Å². The van der Waals surface area contributed by atoms with Gasteiger partial charge < -0.3 is 14.6 Å². The normalized spacial score (nSPS) is 12.1. The summed E-state index contributed by atoms with van der Waals surface area (Å²) in [7, 11) is 0. The van der Waals surface area contributed by atoms with Gasteiger partial charge in [0.2, 0.25) is 0 Å². The lowest BCUT2D eigenvalue weighted by atomic mass is 9.99. The molecule has 0 radical (unpaired) electrons. The molecule has 0 aliphatic carbocycles. The van der Waals surface area contributed by atoms with Crippen molar-refractivity contribution in [2.24, 2.45) is 0 Å². The molecule has 0 heterocycles. The molecule has 4 nitrogen and oxygen atoms in total. The Hall–Kier alpha value is -1.33. The molecule has 0 saturated carbocycles. The van der Waals surface area contributed by atoms with Crippen molar-refractivity contribution < 1.29 is 19.4 Å². The van der Waals surface area contributed by atoms with Gasteiger partial charge in [-0.25, -0.2) is 4.79 Å². The highest BCUT2D eigenvalue weighted by Crippen LogP contribution is 2.20. The Bertz CT molecular complexity index is 503. The summed E-state index contributed by atoms with van der Waals surface area (Å²) < 4.78 is 10.5. The van der Waals surface area contributed by atoms with Crippen LogP contribution < -0.4 is 4.74 Å². The number of rotatable bonds is 7. The van der Waals surface area contributed by atoms with E-state index in [-0.39, 0.29) is 0 Å². The minimum atomic E-state index is -0.780. The minimum Gasteiger partial charge on any atom is -0.463 e. The SMILES string of the molecule is CCOC(=O)C=C(CBr)Oc1cccc(CC(C)(C)O)c1. The van der Waals surface area contributed by atoms with Gasteiger partial charge in [0, 0.05) is 6.42 Å². The van der Waals surface area contributed by atoms with Crippen LogP contribution in [0.15, 0.2) is 36.1 Å². The van der Waals surface area contributed by atoms with Crippen LogP contribution in [0.25, 0.3) is 0 Å². The van der Waals surface area contributed by atoms with Crippen LogP contribution in [0.3, 0.4) is 0 Å². The minimum absolute atomic E-state index is 0.325. The number of ether oxygens (including phenoxy) is 2. The van der Waals surface area contributed by atoms with E-state index in [1.165, 1.54) is 6.08 Å². The van der Waals surface area contributed by atoms with Crippen molar-refractivity contribution in [2.45, 2.75) is 32.8 Å². The smallest absolute Gasteiger partial charge is 0.334 e. The first-order chi connectivity index (χ1) is 9.84. The van der Waals surface area contributed by atoms with Crippen molar-refractivity contribution in [3.63, 3.8) is 0 Å². The van der Waals surface area contributed by atoms with Gasteiger partial charge in [0.1, 0.15) is 11.5 Å². The van der Waals surface area contributed by atoms with E-state index in [2.05, 4.69) is 15.9 Å². The summed E-state index contributed by atoms with van der Waals surface area (Å²) in [6.45, 7) is 5.59. The molecule has 0 saturated heterocycles. The van der Waals surface area contributed by atoms with Gasteiger partial charge in [-0.15, -0.1) is 0 Å². The number of benzene rings is 1. The number of hydrogen-bond acceptors (Lipinski definition) is 4. The number of esters is 1. The first-order valence-electron chi connectivity index (χ1n) is 6.76. The molecule has 0 aliphatic rings. The summed E-state index contributed by atoms with van der Waals surface area (Å²) in [5.41, 5.74) is 0.183. The van der Waals surface area contributed by atoms with Gasteiger partial charge in [0.05, 0.1) is 23.6 Å². The Labute approximate surface area is 133 Å². The van der Waals surface area contributed by atoms with E-state index in [0.29, 0.717) is 29.9 Å². The highest BCUT2D eigenvalue weighted by Gasteiger charge is 2.14. The summed E-state index contributed by atoms with van der Waals surface area (Å²) >= 11 is 3.28. The largest absolute Gasteiger partial charge is 0.463 e. The average Bonchev–Trinajstić information content (AvgIpc) is 2.36. The molecule has 0 amide bonds. The second-order valence-corrected chi connectivity index (χ2v) is 5.80.